The van der Waals surface area contributed by atoms with E-state index in [9.17, 15) is 4.39 Å². The third-order valence-corrected chi connectivity index (χ3v) is 3.09. The lowest BCUT2D eigenvalue weighted by Crippen LogP contribution is -2.47. The second kappa shape index (κ2) is 8.46. The van der Waals surface area contributed by atoms with Crippen molar-refractivity contribution >= 4 is 5.96 Å². The summed E-state index contributed by atoms with van der Waals surface area (Å²) in [6.45, 7) is 9.56. The first-order valence-corrected chi connectivity index (χ1v) is 8.30. The van der Waals surface area contributed by atoms with Gasteiger partial charge in [-0.2, -0.15) is 0 Å². The van der Waals surface area contributed by atoms with E-state index in [1.54, 1.807) is 18.3 Å². The minimum Gasteiger partial charge on any atom is -0.439 e. The average molecular weight is 344 g/mol. The lowest BCUT2D eigenvalue weighted by atomic mass is 10.1. The molecule has 2 rings (SSSR count). The fourth-order valence-electron chi connectivity index (χ4n) is 2.06. The van der Waals surface area contributed by atoms with Crippen molar-refractivity contribution in [1.29, 1.82) is 0 Å². The first-order valence-electron chi connectivity index (χ1n) is 8.30. The Morgan fingerprint density at radius 1 is 1.20 bits per heavy atom. The van der Waals surface area contributed by atoms with Crippen LogP contribution in [0, 0.1) is 5.82 Å². The molecule has 0 aliphatic rings. The highest BCUT2D eigenvalue weighted by Crippen LogP contribution is 2.20. The van der Waals surface area contributed by atoms with Crippen molar-refractivity contribution in [3.8, 4) is 11.6 Å². The Bertz CT molecular complexity index is 708. The quantitative estimate of drug-likeness (QED) is 0.639. The fourth-order valence-corrected chi connectivity index (χ4v) is 2.06. The smallest absolute Gasteiger partial charge is 0.219 e. The Morgan fingerprint density at radius 2 is 1.92 bits per heavy atom. The molecule has 2 aromatic rings. The van der Waals surface area contributed by atoms with Crippen LogP contribution in [0.2, 0.25) is 0 Å². The predicted molar refractivity (Wildman–Crippen MR) is 98.4 cm³/mol. The van der Waals surface area contributed by atoms with E-state index in [0.717, 1.165) is 18.1 Å². The van der Waals surface area contributed by atoms with Crippen molar-refractivity contribution < 1.29 is 9.13 Å². The van der Waals surface area contributed by atoms with Gasteiger partial charge in [-0.3, -0.25) is 0 Å². The molecule has 2 N–H and O–H groups in total. The Labute approximate surface area is 148 Å². The predicted octanol–water partition coefficient (Wildman–Crippen LogP) is 3.87. The van der Waals surface area contributed by atoms with Gasteiger partial charge in [0.05, 0.1) is 6.54 Å². The summed E-state index contributed by atoms with van der Waals surface area (Å²) in [6, 6.07) is 9.56. The number of rotatable bonds is 5. The summed E-state index contributed by atoms with van der Waals surface area (Å²) < 4.78 is 18.6. The summed E-state index contributed by atoms with van der Waals surface area (Å²) in [4.78, 5) is 8.77. The second-order valence-electron chi connectivity index (χ2n) is 6.63. The van der Waals surface area contributed by atoms with Crippen LogP contribution in [-0.4, -0.2) is 23.0 Å². The SMILES string of the molecule is CCNC(=NCc1ccnc(Oc2ccc(F)cc2)c1)NC(C)(C)C. The van der Waals surface area contributed by atoms with Gasteiger partial charge in [0.15, 0.2) is 5.96 Å². The lowest BCUT2D eigenvalue weighted by molar-refractivity contribution is 0.460. The molecule has 0 bridgehead atoms. The summed E-state index contributed by atoms with van der Waals surface area (Å²) in [6.07, 6.45) is 1.67. The van der Waals surface area contributed by atoms with E-state index < -0.39 is 0 Å². The van der Waals surface area contributed by atoms with Crippen molar-refractivity contribution in [3.05, 3.63) is 54.0 Å². The fraction of sp³-hybridized carbons (Fsp3) is 0.368. The first-order chi connectivity index (χ1) is 11.9. The van der Waals surface area contributed by atoms with Crippen LogP contribution in [0.1, 0.15) is 33.3 Å². The van der Waals surface area contributed by atoms with Crippen molar-refractivity contribution in [2.24, 2.45) is 4.99 Å². The maximum atomic E-state index is 12.9. The lowest BCUT2D eigenvalue weighted by Gasteiger charge is -2.23. The summed E-state index contributed by atoms with van der Waals surface area (Å²) in [7, 11) is 0. The molecule has 0 unspecified atom stereocenters. The van der Waals surface area contributed by atoms with E-state index in [-0.39, 0.29) is 11.4 Å². The minimum absolute atomic E-state index is 0.0733. The molecule has 1 aromatic carbocycles. The molecule has 6 heteroatoms. The molecule has 5 nitrogen and oxygen atoms in total. The van der Waals surface area contributed by atoms with Crippen LogP contribution in [0.15, 0.2) is 47.6 Å². The molecule has 0 fully saturated rings. The molecule has 0 saturated heterocycles. The number of aliphatic imine (C=N–C) groups is 1. The molecule has 0 radical (unpaired) electrons. The standard InChI is InChI=1S/C19H25FN4O/c1-5-21-18(24-19(2,3)4)23-13-14-10-11-22-17(12-14)25-16-8-6-15(20)7-9-16/h6-12H,5,13H2,1-4H3,(H2,21,23,24). The average Bonchev–Trinajstić information content (AvgIpc) is 2.54. The number of halogens is 1. The van der Waals surface area contributed by atoms with Crippen LogP contribution in [0.4, 0.5) is 4.39 Å². The van der Waals surface area contributed by atoms with Crippen molar-refractivity contribution in [1.82, 2.24) is 15.6 Å². The number of nitrogens with zero attached hydrogens (tertiary/aromatic N) is 2. The third kappa shape index (κ3) is 6.79. The molecule has 1 aromatic heterocycles. The van der Waals surface area contributed by atoms with Crippen LogP contribution in [-0.2, 0) is 6.54 Å². The topological polar surface area (TPSA) is 58.5 Å². The molecule has 0 amide bonds. The number of benzene rings is 1. The van der Waals surface area contributed by atoms with E-state index in [0.29, 0.717) is 18.2 Å². The largest absolute Gasteiger partial charge is 0.439 e. The monoisotopic (exact) mass is 344 g/mol. The van der Waals surface area contributed by atoms with Crippen molar-refractivity contribution in [3.63, 3.8) is 0 Å². The van der Waals surface area contributed by atoms with E-state index in [1.165, 1.54) is 12.1 Å². The zero-order valence-corrected chi connectivity index (χ0v) is 15.1. The van der Waals surface area contributed by atoms with Crippen LogP contribution in [0.25, 0.3) is 0 Å². The molecular weight excluding hydrogens is 319 g/mol. The maximum Gasteiger partial charge on any atom is 0.219 e. The van der Waals surface area contributed by atoms with E-state index >= 15 is 0 Å². The number of aromatic nitrogens is 1. The van der Waals surface area contributed by atoms with Gasteiger partial charge in [-0.25, -0.2) is 14.4 Å². The van der Waals surface area contributed by atoms with Gasteiger partial charge in [-0.1, -0.05) is 0 Å². The van der Waals surface area contributed by atoms with Gasteiger partial charge in [-0.15, -0.1) is 0 Å². The molecule has 25 heavy (non-hydrogen) atoms. The highest BCUT2D eigenvalue weighted by molar-refractivity contribution is 5.80. The molecule has 134 valence electrons. The highest BCUT2D eigenvalue weighted by Gasteiger charge is 2.11. The van der Waals surface area contributed by atoms with Crippen LogP contribution >= 0.6 is 0 Å². The van der Waals surface area contributed by atoms with Gasteiger partial charge in [0, 0.05) is 24.3 Å². The zero-order valence-electron chi connectivity index (χ0n) is 15.1. The molecular formula is C19H25FN4O. The third-order valence-electron chi connectivity index (χ3n) is 3.09. The zero-order chi connectivity index (χ0) is 18.3. The number of ether oxygens (including phenoxy) is 1. The maximum absolute atomic E-state index is 12.9. The summed E-state index contributed by atoms with van der Waals surface area (Å²) in [5.74, 6) is 1.45. The van der Waals surface area contributed by atoms with Gasteiger partial charge in [0.25, 0.3) is 0 Å². The summed E-state index contributed by atoms with van der Waals surface area (Å²) in [5.41, 5.74) is 0.897. The molecule has 1 heterocycles. The minimum atomic E-state index is -0.300. The number of pyridine rings is 1. The summed E-state index contributed by atoms with van der Waals surface area (Å²) >= 11 is 0. The Morgan fingerprint density at radius 3 is 2.56 bits per heavy atom. The Balaban J connectivity index is 2.06. The van der Waals surface area contributed by atoms with Gasteiger partial charge in [0.2, 0.25) is 5.88 Å². The van der Waals surface area contributed by atoms with Gasteiger partial charge in [0.1, 0.15) is 11.6 Å². The van der Waals surface area contributed by atoms with E-state index in [1.807, 2.05) is 19.1 Å². The number of hydrogen-bond acceptors (Lipinski definition) is 3. The van der Waals surface area contributed by atoms with Crippen LogP contribution < -0.4 is 15.4 Å². The number of nitrogens with one attached hydrogen (secondary N) is 2. The number of hydrogen-bond donors (Lipinski definition) is 2. The Kier molecular flexibility index (Phi) is 6.33. The molecule has 0 atom stereocenters. The highest BCUT2D eigenvalue weighted by atomic mass is 19.1. The van der Waals surface area contributed by atoms with E-state index in [2.05, 4.69) is 41.4 Å². The van der Waals surface area contributed by atoms with Crippen LogP contribution in [0.5, 0.6) is 11.6 Å². The molecule has 0 aliphatic carbocycles. The molecule has 0 spiro atoms. The molecule has 0 aliphatic heterocycles. The normalized spacial score (nSPS) is 12.0. The first kappa shape index (κ1) is 18.7. The van der Waals surface area contributed by atoms with Crippen LogP contribution in [0.3, 0.4) is 0 Å². The van der Waals surface area contributed by atoms with Gasteiger partial charge >= 0.3 is 0 Å². The van der Waals surface area contributed by atoms with Gasteiger partial charge in [-0.05, 0) is 63.6 Å². The van der Waals surface area contributed by atoms with Crippen molar-refractivity contribution in [2.45, 2.75) is 39.8 Å². The van der Waals surface area contributed by atoms with Gasteiger partial charge < -0.3 is 15.4 Å². The summed E-state index contributed by atoms with van der Waals surface area (Å²) in [5, 5.41) is 6.57. The second-order valence-corrected chi connectivity index (χ2v) is 6.63. The van der Waals surface area contributed by atoms with E-state index in [4.69, 9.17) is 4.74 Å². The number of guanidine groups is 1. The molecule has 0 saturated carbocycles. The van der Waals surface area contributed by atoms with Crippen molar-refractivity contribution in [2.75, 3.05) is 6.54 Å². The Hall–Kier alpha value is -2.63.